The average Bonchev–Trinajstić information content (AvgIpc) is 1.86. The topological polar surface area (TPSA) is 53.5 Å². The molecule has 0 bridgehead atoms. The first-order chi connectivity index (χ1) is 2.89. The van der Waals surface area contributed by atoms with Crippen LogP contribution in [0.3, 0.4) is 0 Å². The van der Waals surface area contributed by atoms with Gasteiger partial charge in [-0.15, -0.1) is 0 Å². The minimum atomic E-state index is 0. The maximum atomic E-state index is 8.56. The molecule has 0 radical (unpaired) electrons. The van der Waals surface area contributed by atoms with Crippen LogP contribution in [0.5, 0.6) is 0 Å². The fourth-order valence-electron chi connectivity index (χ4n) is 0.700. The van der Waals surface area contributed by atoms with Crippen LogP contribution in [-0.4, -0.2) is 28.8 Å². The van der Waals surface area contributed by atoms with E-state index < -0.39 is 0 Å². The molecule has 44 valence electrons. The monoisotopic (exact) mass is 127 g/mol. The summed E-state index contributed by atoms with van der Waals surface area (Å²) < 4.78 is 0. The van der Waals surface area contributed by atoms with Crippen LogP contribution in [0.4, 0.5) is 0 Å². The summed E-state index contributed by atoms with van der Waals surface area (Å²) in [4.78, 5) is 0. The Labute approximate surface area is 71.2 Å². The molecule has 0 aromatic heterocycles. The van der Waals surface area contributed by atoms with Crippen molar-refractivity contribution >= 4 is 0 Å². The minimum Gasteiger partial charge on any atom is -0.870 e. The van der Waals surface area contributed by atoms with Crippen LogP contribution >= 0.6 is 0 Å². The second-order valence-corrected chi connectivity index (χ2v) is 1.66. The Hall–Kier alpha value is 0.880. The molecule has 1 saturated heterocycles. The van der Waals surface area contributed by atoms with Crippen molar-refractivity contribution < 1.29 is 40.2 Å². The summed E-state index contributed by atoms with van der Waals surface area (Å²) in [6, 6.07) is 0. The summed E-state index contributed by atoms with van der Waals surface area (Å²) >= 11 is 0. The van der Waals surface area contributed by atoms with Gasteiger partial charge in [0.25, 0.3) is 0 Å². The first kappa shape index (κ1) is 11.6. The molecule has 1 heterocycles. The van der Waals surface area contributed by atoms with E-state index in [2.05, 4.69) is 0 Å². The van der Waals surface area contributed by atoms with E-state index in [1.807, 2.05) is 0 Å². The van der Waals surface area contributed by atoms with Crippen LogP contribution in [0.2, 0.25) is 0 Å². The molecule has 1 aliphatic heterocycles. The largest absolute Gasteiger partial charge is 1.00 e. The molecule has 1 aliphatic rings. The summed E-state index contributed by atoms with van der Waals surface area (Å²) in [5.74, 6) is 0. The molecule has 3 nitrogen and oxygen atoms in total. The Balaban J connectivity index is 0. The molecular formula is C4H10NNaO2. The van der Waals surface area contributed by atoms with Gasteiger partial charge in [-0.05, 0) is 12.8 Å². The molecule has 0 aromatic carbocycles. The zero-order valence-corrected chi connectivity index (χ0v) is 7.17. The van der Waals surface area contributed by atoms with Gasteiger partial charge in [0.15, 0.2) is 0 Å². The van der Waals surface area contributed by atoms with Crippen molar-refractivity contribution in [2.24, 2.45) is 0 Å². The van der Waals surface area contributed by atoms with Crippen molar-refractivity contribution in [1.82, 2.24) is 5.06 Å². The van der Waals surface area contributed by atoms with Crippen LogP contribution in [0.25, 0.3) is 0 Å². The number of hydrogen-bond donors (Lipinski definition) is 1. The van der Waals surface area contributed by atoms with Gasteiger partial charge in [0.2, 0.25) is 0 Å². The van der Waals surface area contributed by atoms with Crippen LogP contribution < -0.4 is 29.6 Å². The number of hydroxylamine groups is 2. The molecule has 0 aliphatic carbocycles. The molecule has 0 amide bonds. The SMILES string of the molecule is ON1CCCC1.[Na+].[OH-]. The second-order valence-electron chi connectivity index (χ2n) is 1.66. The summed E-state index contributed by atoms with van der Waals surface area (Å²) in [6.45, 7) is 1.75. The maximum absolute atomic E-state index is 8.56. The van der Waals surface area contributed by atoms with Gasteiger partial charge in [0.05, 0.1) is 0 Å². The fraction of sp³-hybridized carbons (Fsp3) is 1.00. The Morgan fingerprint density at radius 3 is 1.62 bits per heavy atom. The predicted octanol–water partition coefficient (Wildman–Crippen LogP) is -2.70. The molecule has 4 heteroatoms. The predicted molar refractivity (Wildman–Crippen MR) is 24.5 cm³/mol. The molecule has 0 atom stereocenters. The van der Waals surface area contributed by atoms with E-state index in [-0.39, 0.29) is 35.0 Å². The first-order valence-corrected chi connectivity index (χ1v) is 2.33. The van der Waals surface area contributed by atoms with E-state index >= 15 is 0 Å². The number of nitrogens with zero attached hydrogens (tertiary/aromatic N) is 1. The van der Waals surface area contributed by atoms with E-state index in [1.165, 1.54) is 5.06 Å². The quantitative estimate of drug-likeness (QED) is 0.360. The molecule has 2 N–H and O–H groups in total. The number of hydrogen-bond acceptors (Lipinski definition) is 3. The number of rotatable bonds is 0. The molecular weight excluding hydrogens is 117 g/mol. The normalized spacial score (nSPS) is 19.1. The zero-order chi connectivity index (χ0) is 4.41. The van der Waals surface area contributed by atoms with E-state index in [1.54, 1.807) is 0 Å². The molecule has 0 spiro atoms. The van der Waals surface area contributed by atoms with Crippen molar-refractivity contribution in [1.29, 1.82) is 0 Å². The molecule has 0 aromatic rings. The van der Waals surface area contributed by atoms with Crippen molar-refractivity contribution in [3.8, 4) is 0 Å². The molecule has 1 rings (SSSR count). The molecule has 1 fully saturated rings. The summed E-state index contributed by atoms with van der Waals surface area (Å²) in [6.07, 6.45) is 2.33. The molecule has 0 unspecified atom stereocenters. The second kappa shape index (κ2) is 6.01. The van der Waals surface area contributed by atoms with Crippen LogP contribution in [0.1, 0.15) is 12.8 Å². The van der Waals surface area contributed by atoms with Gasteiger partial charge in [-0.2, -0.15) is 5.06 Å². The van der Waals surface area contributed by atoms with Gasteiger partial charge in [0.1, 0.15) is 0 Å². The Morgan fingerprint density at radius 2 is 1.50 bits per heavy atom. The molecule has 8 heavy (non-hydrogen) atoms. The van der Waals surface area contributed by atoms with Crippen LogP contribution in [0, 0.1) is 0 Å². The smallest absolute Gasteiger partial charge is 0.870 e. The van der Waals surface area contributed by atoms with Crippen molar-refractivity contribution in [3.63, 3.8) is 0 Å². The third-order valence-corrected chi connectivity index (χ3v) is 1.08. The maximum Gasteiger partial charge on any atom is 1.00 e. The third-order valence-electron chi connectivity index (χ3n) is 1.08. The van der Waals surface area contributed by atoms with E-state index in [9.17, 15) is 0 Å². The minimum absolute atomic E-state index is 0. The van der Waals surface area contributed by atoms with Gasteiger partial charge in [-0.3, -0.25) is 0 Å². The third kappa shape index (κ3) is 3.83. The van der Waals surface area contributed by atoms with Crippen molar-refractivity contribution in [2.45, 2.75) is 12.8 Å². The van der Waals surface area contributed by atoms with Gasteiger partial charge < -0.3 is 10.7 Å². The van der Waals surface area contributed by atoms with E-state index in [0.29, 0.717) is 0 Å². The van der Waals surface area contributed by atoms with Gasteiger partial charge in [-0.1, -0.05) is 0 Å². The van der Waals surface area contributed by atoms with Crippen molar-refractivity contribution in [3.05, 3.63) is 0 Å². The average molecular weight is 127 g/mol. The van der Waals surface area contributed by atoms with Crippen LogP contribution in [-0.2, 0) is 0 Å². The Morgan fingerprint density at radius 1 is 1.12 bits per heavy atom. The summed E-state index contributed by atoms with van der Waals surface area (Å²) in [5, 5.41) is 9.92. The van der Waals surface area contributed by atoms with E-state index in [0.717, 1.165) is 25.9 Å². The van der Waals surface area contributed by atoms with Gasteiger partial charge >= 0.3 is 29.6 Å². The Kier molecular flexibility index (Phi) is 8.75. The van der Waals surface area contributed by atoms with Crippen LogP contribution in [0.15, 0.2) is 0 Å². The van der Waals surface area contributed by atoms with Crippen molar-refractivity contribution in [2.75, 3.05) is 13.1 Å². The zero-order valence-electron chi connectivity index (χ0n) is 5.17. The van der Waals surface area contributed by atoms with Gasteiger partial charge in [-0.25, -0.2) is 0 Å². The summed E-state index contributed by atoms with van der Waals surface area (Å²) in [5.41, 5.74) is 0. The summed E-state index contributed by atoms with van der Waals surface area (Å²) in [7, 11) is 0. The molecule has 0 saturated carbocycles. The fourth-order valence-corrected chi connectivity index (χ4v) is 0.700. The first-order valence-electron chi connectivity index (χ1n) is 2.33. The Bertz CT molecular complexity index is 47.3. The van der Waals surface area contributed by atoms with Gasteiger partial charge in [0, 0.05) is 13.1 Å². The standard InChI is InChI=1S/C4H9NO.Na.H2O/c6-5-3-1-2-4-5;;/h6H,1-4H2;;1H2/q;+1;/p-1. The van der Waals surface area contributed by atoms with E-state index in [4.69, 9.17) is 5.21 Å².